The fourth-order valence-electron chi connectivity index (χ4n) is 1.95. The maximum absolute atomic E-state index is 12.0. The lowest BCUT2D eigenvalue weighted by molar-refractivity contribution is 0.104. The van der Waals surface area contributed by atoms with Crippen LogP contribution in [0.3, 0.4) is 0 Å². The van der Waals surface area contributed by atoms with E-state index in [1.54, 1.807) is 30.6 Å². The highest BCUT2D eigenvalue weighted by Crippen LogP contribution is 2.29. The van der Waals surface area contributed by atoms with Crippen molar-refractivity contribution in [1.29, 1.82) is 0 Å². The summed E-state index contributed by atoms with van der Waals surface area (Å²) in [5.74, 6) is 1.31. The van der Waals surface area contributed by atoms with Gasteiger partial charge in [0, 0.05) is 18.0 Å². The Bertz CT molecular complexity index is 651. The van der Waals surface area contributed by atoms with Crippen LogP contribution in [0, 0.1) is 0 Å². The zero-order valence-electron chi connectivity index (χ0n) is 12.8. The maximum Gasteiger partial charge on any atom is 0.187 e. The second-order valence-corrected chi connectivity index (χ2v) is 4.51. The third kappa shape index (κ3) is 4.19. The minimum absolute atomic E-state index is 0.0834. The van der Waals surface area contributed by atoms with Crippen molar-refractivity contribution >= 4 is 11.9 Å². The Morgan fingerprint density at radius 3 is 2.59 bits per heavy atom. The molecule has 0 bridgehead atoms. The van der Waals surface area contributed by atoms with E-state index >= 15 is 0 Å². The van der Waals surface area contributed by atoms with Crippen molar-refractivity contribution < 1.29 is 14.3 Å². The van der Waals surface area contributed by atoms with Crippen LogP contribution in [0.4, 0.5) is 0 Å². The number of carbonyl (C=O) groups excluding carboxylic acids is 1. The van der Waals surface area contributed by atoms with E-state index in [1.165, 1.54) is 6.08 Å². The summed E-state index contributed by atoms with van der Waals surface area (Å²) in [5.41, 5.74) is 1.44. The molecule has 0 amide bonds. The van der Waals surface area contributed by atoms with Crippen molar-refractivity contribution in [2.24, 2.45) is 0 Å². The van der Waals surface area contributed by atoms with Gasteiger partial charge < -0.3 is 9.47 Å². The van der Waals surface area contributed by atoms with Crippen LogP contribution in [-0.4, -0.2) is 24.0 Å². The summed E-state index contributed by atoms with van der Waals surface area (Å²) in [4.78, 5) is 16.0. The third-order valence-electron chi connectivity index (χ3n) is 2.94. The van der Waals surface area contributed by atoms with Gasteiger partial charge in [-0.1, -0.05) is 12.1 Å². The van der Waals surface area contributed by atoms with Crippen molar-refractivity contribution in [1.82, 2.24) is 4.98 Å². The van der Waals surface area contributed by atoms with Gasteiger partial charge >= 0.3 is 0 Å². The van der Waals surface area contributed by atoms with Gasteiger partial charge in [-0.3, -0.25) is 9.78 Å². The van der Waals surface area contributed by atoms with Crippen LogP contribution in [0.1, 0.15) is 29.8 Å². The number of pyridine rings is 1. The Morgan fingerprint density at radius 2 is 1.91 bits per heavy atom. The van der Waals surface area contributed by atoms with E-state index in [0.717, 1.165) is 5.56 Å². The zero-order chi connectivity index (χ0) is 15.8. The number of hydrogen-bond acceptors (Lipinski definition) is 4. The molecule has 0 fully saturated rings. The third-order valence-corrected chi connectivity index (χ3v) is 2.94. The van der Waals surface area contributed by atoms with Crippen molar-refractivity contribution in [2.45, 2.75) is 13.8 Å². The van der Waals surface area contributed by atoms with Crippen LogP contribution in [0.25, 0.3) is 6.08 Å². The van der Waals surface area contributed by atoms with Gasteiger partial charge in [-0.25, -0.2) is 0 Å². The molecular formula is C18H19NO3. The van der Waals surface area contributed by atoms with Crippen LogP contribution < -0.4 is 9.47 Å². The van der Waals surface area contributed by atoms with Crippen molar-refractivity contribution in [3.8, 4) is 11.5 Å². The number of nitrogens with zero attached hydrogens (tertiary/aromatic N) is 1. The van der Waals surface area contributed by atoms with Gasteiger partial charge in [-0.2, -0.15) is 0 Å². The number of ketones is 1. The van der Waals surface area contributed by atoms with Crippen molar-refractivity contribution in [3.05, 3.63) is 59.9 Å². The predicted octanol–water partition coefficient (Wildman–Crippen LogP) is 3.78. The molecule has 4 nitrogen and oxygen atoms in total. The molecular weight excluding hydrogens is 278 g/mol. The molecule has 2 rings (SSSR count). The molecule has 0 saturated heterocycles. The number of aromatic nitrogens is 1. The quantitative estimate of drug-likeness (QED) is 0.576. The van der Waals surface area contributed by atoms with E-state index in [2.05, 4.69) is 4.98 Å². The van der Waals surface area contributed by atoms with Gasteiger partial charge in [0.1, 0.15) is 0 Å². The summed E-state index contributed by atoms with van der Waals surface area (Å²) in [6.07, 6.45) is 6.48. The lowest BCUT2D eigenvalue weighted by Gasteiger charge is -2.11. The number of ether oxygens (including phenoxy) is 2. The van der Waals surface area contributed by atoms with E-state index < -0.39 is 0 Å². The molecule has 4 heteroatoms. The Hall–Kier alpha value is -2.62. The molecule has 0 unspecified atom stereocenters. The maximum atomic E-state index is 12.0. The molecule has 114 valence electrons. The lowest BCUT2D eigenvalue weighted by atomic mass is 10.1. The number of allylic oxidation sites excluding steroid dienone is 1. The molecule has 2 aromatic rings. The van der Waals surface area contributed by atoms with Gasteiger partial charge in [-0.15, -0.1) is 0 Å². The van der Waals surface area contributed by atoms with Gasteiger partial charge in [0.25, 0.3) is 0 Å². The first-order valence-electron chi connectivity index (χ1n) is 7.26. The molecule has 1 aromatic heterocycles. The SMILES string of the molecule is CCOc1ccc(/C=C/C(=O)c2cccnc2)cc1OCC. The first-order chi connectivity index (χ1) is 10.7. The molecule has 0 atom stereocenters. The first kappa shape index (κ1) is 15.8. The van der Waals surface area contributed by atoms with E-state index in [4.69, 9.17) is 9.47 Å². The summed E-state index contributed by atoms with van der Waals surface area (Å²) >= 11 is 0. The molecule has 1 aromatic carbocycles. The largest absolute Gasteiger partial charge is 0.490 e. The average Bonchev–Trinajstić information content (AvgIpc) is 2.56. The Kier molecular flexibility index (Phi) is 5.72. The Balaban J connectivity index is 2.17. The van der Waals surface area contributed by atoms with Gasteiger partial charge in [0.2, 0.25) is 0 Å². The fourth-order valence-corrected chi connectivity index (χ4v) is 1.95. The van der Waals surface area contributed by atoms with Crippen LogP contribution in [-0.2, 0) is 0 Å². The summed E-state index contributed by atoms with van der Waals surface area (Å²) in [6, 6.07) is 9.08. The highest BCUT2D eigenvalue weighted by Gasteiger charge is 2.05. The fraction of sp³-hybridized carbons (Fsp3) is 0.222. The minimum Gasteiger partial charge on any atom is -0.490 e. The molecule has 0 aliphatic rings. The first-order valence-corrected chi connectivity index (χ1v) is 7.26. The number of benzene rings is 1. The molecule has 0 spiro atoms. The average molecular weight is 297 g/mol. The van der Waals surface area contributed by atoms with Crippen LogP contribution in [0.2, 0.25) is 0 Å². The summed E-state index contributed by atoms with van der Waals surface area (Å²) < 4.78 is 11.1. The topological polar surface area (TPSA) is 48.4 Å². The van der Waals surface area contributed by atoms with Crippen LogP contribution >= 0.6 is 0 Å². The van der Waals surface area contributed by atoms with Gasteiger partial charge in [0.05, 0.1) is 13.2 Å². The Morgan fingerprint density at radius 1 is 1.14 bits per heavy atom. The smallest absolute Gasteiger partial charge is 0.187 e. The van der Waals surface area contributed by atoms with E-state index in [0.29, 0.717) is 30.3 Å². The van der Waals surface area contributed by atoms with E-state index in [1.807, 2.05) is 32.0 Å². The highest BCUT2D eigenvalue weighted by atomic mass is 16.5. The standard InChI is InChI=1S/C18H19NO3/c1-3-21-17-10-8-14(12-18(17)22-4-2)7-9-16(20)15-6-5-11-19-13-15/h5-13H,3-4H2,1-2H3/b9-7+. The highest BCUT2D eigenvalue weighted by molar-refractivity contribution is 6.06. The van der Waals surface area contributed by atoms with Gasteiger partial charge in [-0.05, 0) is 49.8 Å². The molecule has 0 aliphatic heterocycles. The number of carbonyl (C=O) groups is 1. The zero-order valence-corrected chi connectivity index (χ0v) is 12.8. The second kappa shape index (κ2) is 7.98. The summed E-state index contributed by atoms with van der Waals surface area (Å²) in [6.45, 7) is 4.98. The molecule has 22 heavy (non-hydrogen) atoms. The Labute approximate surface area is 130 Å². The molecule has 1 heterocycles. The second-order valence-electron chi connectivity index (χ2n) is 4.51. The summed E-state index contributed by atoms with van der Waals surface area (Å²) in [5, 5.41) is 0. The minimum atomic E-state index is -0.0834. The number of hydrogen-bond donors (Lipinski definition) is 0. The van der Waals surface area contributed by atoms with E-state index in [9.17, 15) is 4.79 Å². The molecule has 0 aliphatic carbocycles. The van der Waals surface area contributed by atoms with Crippen molar-refractivity contribution in [3.63, 3.8) is 0 Å². The predicted molar refractivity (Wildman–Crippen MR) is 86.4 cm³/mol. The lowest BCUT2D eigenvalue weighted by Crippen LogP contribution is -1.98. The van der Waals surface area contributed by atoms with Crippen LogP contribution in [0.15, 0.2) is 48.8 Å². The summed E-state index contributed by atoms with van der Waals surface area (Å²) in [7, 11) is 0. The molecule has 0 N–H and O–H groups in total. The normalized spacial score (nSPS) is 10.6. The molecule has 0 radical (unpaired) electrons. The number of rotatable bonds is 7. The van der Waals surface area contributed by atoms with Crippen molar-refractivity contribution in [2.75, 3.05) is 13.2 Å². The molecule has 0 saturated carbocycles. The van der Waals surface area contributed by atoms with Gasteiger partial charge in [0.15, 0.2) is 17.3 Å². The van der Waals surface area contributed by atoms with Crippen LogP contribution in [0.5, 0.6) is 11.5 Å². The van der Waals surface area contributed by atoms with E-state index in [-0.39, 0.29) is 5.78 Å². The monoisotopic (exact) mass is 297 g/mol.